The Morgan fingerprint density at radius 3 is 3.00 bits per heavy atom. The third-order valence-corrected chi connectivity index (χ3v) is 3.70. The van der Waals surface area contributed by atoms with Gasteiger partial charge in [-0.3, -0.25) is 4.79 Å². The molecule has 2 unspecified atom stereocenters. The lowest BCUT2D eigenvalue weighted by molar-refractivity contribution is 0.0940. The molecule has 0 bridgehead atoms. The molecule has 1 aromatic rings. The van der Waals surface area contributed by atoms with Crippen LogP contribution in [0, 0.1) is 11.8 Å². The molecule has 2 rings (SSSR count). The highest BCUT2D eigenvalue weighted by molar-refractivity contribution is 5.94. The van der Waals surface area contributed by atoms with Crippen molar-refractivity contribution in [1.82, 2.24) is 5.32 Å². The summed E-state index contributed by atoms with van der Waals surface area (Å²) < 4.78 is 0. The van der Waals surface area contributed by atoms with Crippen LogP contribution in [0.15, 0.2) is 24.3 Å². The van der Waals surface area contributed by atoms with Crippen molar-refractivity contribution < 1.29 is 9.90 Å². The van der Waals surface area contributed by atoms with Gasteiger partial charge in [0.15, 0.2) is 0 Å². The third kappa shape index (κ3) is 3.49. The van der Waals surface area contributed by atoms with Crippen molar-refractivity contribution in [2.75, 3.05) is 6.54 Å². The number of nitrogens with one attached hydrogen (secondary N) is 1. The molecule has 0 saturated heterocycles. The van der Waals surface area contributed by atoms with Crippen LogP contribution < -0.4 is 5.32 Å². The minimum atomic E-state index is -0.0934. The maximum Gasteiger partial charge on any atom is 0.251 e. The second-order valence-corrected chi connectivity index (χ2v) is 5.40. The van der Waals surface area contributed by atoms with Crippen LogP contribution in [0.25, 0.3) is 0 Å². The lowest BCUT2D eigenvalue weighted by atomic mass is 9.82. The monoisotopic (exact) mass is 247 g/mol. The van der Waals surface area contributed by atoms with Gasteiger partial charge in [0.05, 0.1) is 0 Å². The van der Waals surface area contributed by atoms with Gasteiger partial charge in [0, 0.05) is 12.1 Å². The van der Waals surface area contributed by atoms with Crippen molar-refractivity contribution in [3.05, 3.63) is 29.8 Å². The Morgan fingerprint density at radius 1 is 1.44 bits per heavy atom. The van der Waals surface area contributed by atoms with Crippen LogP contribution in [0.3, 0.4) is 0 Å². The fraction of sp³-hybridized carbons (Fsp3) is 0.533. The fourth-order valence-electron chi connectivity index (χ4n) is 2.73. The molecular formula is C15H21NO2. The van der Waals surface area contributed by atoms with Crippen LogP contribution in [0.2, 0.25) is 0 Å². The Bertz CT molecular complexity index is 417. The van der Waals surface area contributed by atoms with Gasteiger partial charge in [0.2, 0.25) is 0 Å². The van der Waals surface area contributed by atoms with Gasteiger partial charge in [-0.2, -0.15) is 0 Å². The molecule has 1 aliphatic carbocycles. The number of amides is 1. The van der Waals surface area contributed by atoms with E-state index in [-0.39, 0.29) is 11.7 Å². The molecule has 18 heavy (non-hydrogen) atoms. The zero-order valence-corrected chi connectivity index (χ0v) is 10.9. The van der Waals surface area contributed by atoms with E-state index < -0.39 is 0 Å². The number of carbonyl (C=O) groups is 1. The molecule has 2 atom stereocenters. The molecule has 0 aromatic heterocycles. The van der Waals surface area contributed by atoms with E-state index in [0.29, 0.717) is 11.5 Å². The minimum absolute atomic E-state index is 0.0934. The average Bonchev–Trinajstić information content (AvgIpc) is 2.36. The Morgan fingerprint density at radius 2 is 2.28 bits per heavy atom. The summed E-state index contributed by atoms with van der Waals surface area (Å²) in [6, 6.07) is 6.48. The highest BCUT2D eigenvalue weighted by Gasteiger charge is 2.19. The molecule has 0 heterocycles. The molecule has 1 aliphatic rings. The maximum absolute atomic E-state index is 11.9. The standard InChI is InChI=1S/C15H21NO2/c1-11-4-2-5-12(8-11)10-16-15(18)13-6-3-7-14(17)9-13/h3,6-7,9,11-12,17H,2,4-5,8,10H2,1H3,(H,16,18). The van der Waals surface area contributed by atoms with Crippen LogP contribution >= 0.6 is 0 Å². The number of rotatable bonds is 3. The van der Waals surface area contributed by atoms with Gasteiger partial charge in [-0.25, -0.2) is 0 Å². The summed E-state index contributed by atoms with van der Waals surface area (Å²) in [4.78, 5) is 11.9. The van der Waals surface area contributed by atoms with Crippen LogP contribution in [0.1, 0.15) is 43.0 Å². The molecule has 1 aromatic carbocycles. The average molecular weight is 247 g/mol. The number of aromatic hydroxyl groups is 1. The maximum atomic E-state index is 11.9. The molecule has 0 radical (unpaired) electrons. The molecular weight excluding hydrogens is 226 g/mol. The Labute approximate surface area is 108 Å². The van der Waals surface area contributed by atoms with Gasteiger partial charge >= 0.3 is 0 Å². The highest BCUT2D eigenvalue weighted by atomic mass is 16.3. The molecule has 3 heteroatoms. The summed E-state index contributed by atoms with van der Waals surface area (Å²) >= 11 is 0. The summed E-state index contributed by atoms with van der Waals surface area (Å²) in [5.74, 6) is 1.43. The first kappa shape index (κ1) is 12.9. The number of carbonyl (C=O) groups excluding carboxylic acids is 1. The first-order valence-corrected chi connectivity index (χ1v) is 6.72. The third-order valence-electron chi connectivity index (χ3n) is 3.70. The second-order valence-electron chi connectivity index (χ2n) is 5.40. The Hall–Kier alpha value is -1.51. The lowest BCUT2D eigenvalue weighted by Crippen LogP contribution is -2.31. The number of benzene rings is 1. The zero-order chi connectivity index (χ0) is 13.0. The van der Waals surface area contributed by atoms with Crippen molar-refractivity contribution in [2.45, 2.75) is 32.6 Å². The quantitative estimate of drug-likeness (QED) is 0.862. The number of hydrogen-bond donors (Lipinski definition) is 2. The van der Waals surface area contributed by atoms with Crippen LogP contribution in [0.5, 0.6) is 5.75 Å². The first-order valence-electron chi connectivity index (χ1n) is 6.72. The van der Waals surface area contributed by atoms with Crippen molar-refractivity contribution in [2.24, 2.45) is 11.8 Å². The molecule has 1 amide bonds. The number of phenolic OH excluding ortho intramolecular Hbond substituents is 1. The van der Waals surface area contributed by atoms with Crippen molar-refractivity contribution >= 4 is 5.91 Å². The highest BCUT2D eigenvalue weighted by Crippen LogP contribution is 2.27. The van der Waals surface area contributed by atoms with E-state index in [9.17, 15) is 9.90 Å². The fourth-order valence-corrected chi connectivity index (χ4v) is 2.73. The van der Waals surface area contributed by atoms with Gasteiger partial charge in [-0.1, -0.05) is 25.8 Å². The van der Waals surface area contributed by atoms with E-state index >= 15 is 0 Å². The van der Waals surface area contributed by atoms with Crippen LogP contribution in [0.4, 0.5) is 0 Å². The van der Waals surface area contributed by atoms with Gasteiger partial charge in [0.25, 0.3) is 5.91 Å². The Balaban J connectivity index is 1.84. The zero-order valence-electron chi connectivity index (χ0n) is 10.9. The van der Waals surface area contributed by atoms with Gasteiger partial charge in [0.1, 0.15) is 5.75 Å². The molecule has 98 valence electrons. The van der Waals surface area contributed by atoms with E-state index in [2.05, 4.69) is 12.2 Å². The summed E-state index contributed by atoms with van der Waals surface area (Å²) in [6.07, 6.45) is 5.01. The summed E-state index contributed by atoms with van der Waals surface area (Å²) in [6.45, 7) is 3.03. The lowest BCUT2D eigenvalue weighted by Gasteiger charge is -2.26. The predicted octanol–water partition coefficient (Wildman–Crippen LogP) is 2.95. The van der Waals surface area contributed by atoms with Gasteiger partial charge in [-0.15, -0.1) is 0 Å². The van der Waals surface area contributed by atoms with Crippen LogP contribution in [-0.2, 0) is 0 Å². The van der Waals surface area contributed by atoms with E-state index in [1.807, 2.05) is 0 Å². The van der Waals surface area contributed by atoms with E-state index in [0.717, 1.165) is 12.5 Å². The molecule has 3 nitrogen and oxygen atoms in total. The first-order chi connectivity index (χ1) is 8.65. The topological polar surface area (TPSA) is 49.3 Å². The summed E-state index contributed by atoms with van der Waals surface area (Å²) in [5.41, 5.74) is 0.527. The van der Waals surface area contributed by atoms with Crippen LogP contribution in [-0.4, -0.2) is 17.6 Å². The largest absolute Gasteiger partial charge is 0.508 e. The van der Waals surface area contributed by atoms with Gasteiger partial charge < -0.3 is 10.4 Å². The predicted molar refractivity (Wildman–Crippen MR) is 71.6 cm³/mol. The van der Waals surface area contributed by atoms with Crippen molar-refractivity contribution in [3.63, 3.8) is 0 Å². The van der Waals surface area contributed by atoms with Gasteiger partial charge in [-0.05, 0) is 42.9 Å². The normalized spacial score (nSPS) is 23.6. The second kappa shape index (κ2) is 5.89. The smallest absolute Gasteiger partial charge is 0.251 e. The Kier molecular flexibility index (Phi) is 4.24. The van der Waals surface area contributed by atoms with Crippen molar-refractivity contribution in [3.8, 4) is 5.75 Å². The summed E-state index contributed by atoms with van der Waals surface area (Å²) in [5, 5.41) is 12.3. The molecule has 1 saturated carbocycles. The van der Waals surface area contributed by atoms with E-state index in [4.69, 9.17) is 0 Å². The molecule has 0 spiro atoms. The SMILES string of the molecule is CC1CCCC(CNC(=O)c2cccc(O)c2)C1. The number of phenols is 1. The molecule has 1 fully saturated rings. The molecule has 0 aliphatic heterocycles. The van der Waals surface area contributed by atoms with E-state index in [1.54, 1.807) is 18.2 Å². The minimum Gasteiger partial charge on any atom is -0.508 e. The number of hydrogen-bond acceptors (Lipinski definition) is 2. The van der Waals surface area contributed by atoms with Crippen molar-refractivity contribution in [1.29, 1.82) is 0 Å². The molecule has 2 N–H and O–H groups in total. The summed E-state index contributed by atoms with van der Waals surface area (Å²) in [7, 11) is 0. The van der Waals surface area contributed by atoms with E-state index in [1.165, 1.54) is 31.7 Å².